The van der Waals surface area contributed by atoms with Crippen molar-refractivity contribution in [2.75, 3.05) is 20.3 Å². The van der Waals surface area contributed by atoms with Gasteiger partial charge in [0, 0.05) is 12.1 Å². The molecule has 5 heteroatoms. The molecule has 1 aromatic rings. The number of carbonyl (C=O) groups is 1. The first-order chi connectivity index (χ1) is 8.71. The lowest BCUT2D eigenvalue weighted by atomic mass is 10.1. The number of methoxy groups -OCH3 is 1. The molecular weight excluding hydrogens is 232 g/mol. The Bertz CT molecular complexity index is 452. The normalized spacial score (nSPS) is 9.61. The highest BCUT2D eigenvalue weighted by Gasteiger charge is 2.06. The molecule has 0 bridgehead atoms. The molecule has 0 fully saturated rings. The van der Waals surface area contributed by atoms with Gasteiger partial charge in [-0.3, -0.25) is 4.79 Å². The van der Waals surface area contributed by atoms with Gasteiger partial charge < -0.3 is 14.8 Å². The molecule has 0 aliphatic rings. The molecule has 0 heterocycles. The number of ether oxygens (including phenoxy) is 2. The van der Waals surface area contributed by atoms with Crippen LogP contribution >= 0.6 is 0 Å². The van der Waals surface area contributed by atoms with E-state index in [0.717, 1.165) is 5.56 Å². The van der Waals surface area contributed by atoms with Gasteiger partial charge in [0.05, 0.1) is 31.9 Å². The van der Waals surface area contributed by atoms with Crippen LogP contribution in [0.2, 0.25) is 0 Å². The molecule has 0 saturated heterocycles. The highest BCUT2D eigenvalue weighted by molar-refractivity contribution is 5.71. The Morgan fingerprint density at radius 3 is 2.89 bits per heavy atom. The van der Waals surface area contributed by atoms with Crippen molar-refractivity contribution in [3.63, 3.8) is 0 Å². The molecule has 0 saturated carbocycles. The van der Waals surface area contributed by atoms with Gasteiger partial charge in [0.15, 0.2) is 0 Å². The van der Waals surface area contributed by atoms with Crippen molar-refractivity contribution >= 4 is 5.97 Å². The third-order valence-corrected chi connectivity index (χ3v) is 2.30. The number of hydrogen-bond donors (Lipinski definition) is 1. The minimum Gasteiger partial charge on any atom is -0.496 e. The number of nitrogens with zero attached hydrogens (tertiary/aromatic N) is 1. The molecule has 0 aliphatic carbocycles. The fourth-order valence-corrected chi connectivity index (χ4v) is 1.50. The Morgan fingerprint density at radius 1 is 1.50 bits per heavy atom. The Labute approximate surface area is 106 Å². The fourth-order valence-electron chi connectivity index (χ4n) is 1.50. The Kier molecular flexibility index (Phi) is 5.68. The summed E-state index contributed by atoms with van der Waals surface area (Å²) in [5.74, 6) is 0.387. The molecule has 1 rings (SSSR count). The minimum absolute atomic E-state index is 0.133. The molecule has 96 valence electrons. The summed E-state index contributed by atoms with van der Waals surface area (Å²) >= 11 is 0. The van der Waals surface area contributed by atoms with Gasteiger partial charge in [-0.1, -0.05) is 0 Å². The van der Waals surface area contributed by atoms with Crippen LogP contribution in [0.25, 0.3) is 0 Å². The van der Waals surface area contributed by atoms with Crippen molar-refractivity contribution < 1.29 is 14.3 Å². The predicted octanol–water partition coefficient (Wildman–Crippen LogP) is 1.22. The van der Waals surface area contributed by atoms with Crippen LogP contribution in [0.15, 0.2) is 18.2 Å². The number of carbonyl (C=O) groups excluding carboxylic acids is 1. The lowest BCUT2D eigenvalue weighted by Gasteiger charge is -2.09. The Morgan fingerprint density at radius 2 is 2.28 bits per heavy atom. The van der Waals surface area contributed by atoms with Crippen LogP contribution in [0.5, 0.6) is 5.75 Å². The standard InChI is InChI=1S/C13H16N2O3/c1-3-18-13(16)9-15-8-11-6-10(7-14)4-5-12(11)17-2/h4-6,15H,3,8-9H2,1-2H3. The minimum atomic E-state index is -0.298. The summed E-state index contributed by atoms with van der Waals surface area (Å²) < 4.78 is 9.98. The third kappa shape index (κ3) is 4.07. The fraction of sp³-hybridized carbons (Fsp3) is 0.385. The molecule has 0 aliphatic heterocycles. The molecule has 0 spiro atoms. The lowest BCUT2D eigenvalue weighted by molar-refractivity contribution is -0.142. The first kappa shape index (κ1) is 14.0. The zero-order chi connectivity index (χ0) is 13.4. The smallest absolute Gasteiger partial charge is 0.319 e. The van der Waals surface area contributed by atoms with Gasteiger partial charge in [-0.05, 0) is 25.1 Å². The summed E-state index contributed by atoms with van der Waals surface area (Å²) in [5, 5.41) is 11.8. The summed E-state index contributed by atoms with van der Waals surface area (Å²) in [7, 11) is 1.57. The molecule has 0 amide bonds. The van der Waals surface area contributed by atoms with E-state index >= 15 is 0 Å². The maximum Gasteiger partial charge on any atom is 0.319 e. The number of esters is 1. The van der Waals surface area contributed by atoms with Crippen molar-refractivity contribution in [2.24, 2.45) is 0 Å². The Balaban J connectivity index is 2.60. The highest BCUT2D eigenvalue weighted by atomic mass is 16.5. The molecule has 18 heavy (non-hydrogen) atoms. The quantitative estimate of drug-likeness (QED) is 0.766. The summed E-state index contributed by atoms with van der Waals surface area (Å²) in [6.45, 7) is 2.70. The molecule has 0 aromatic heterocycles. The maximum atomic E-state index is 11.1. The van der Waals surface area contributed by atoms with E-state index in [1.807, 2.05) is 0 Å². The maximum absolute atomic E-state index is 11.1. The van der Waals surface area contributed by atoms with E-state index in [1.54, 1.807) is 32.2 Å². The van der Waals surface area contributed by atoms with Gasteiger partial charge in [0.1, 0.15) is 5.75 Å². The van der Waals surface area contributed by atoms with Crippen molar-refractivity contribution in [1.29, 1.82) is 5.26 Å². The van der Waals surface area contributed by atoms with E-state index in [9.17, 15) is 4.79 Å². The topological polar surface area (TPSA) is 71.3 Å². The van der Waals surface area contributed by atoms with Gasteiger partial charge >= 0.3 is 5.97 Å². The van der Waals surface area contributed by atoms with Crippen LogP contribution in [-0.2, 0) is 16.1 Å². The predicted molar refractivity (Wildman–Crippen MR) is 66.0 cm³/mol. The van der Waals surface area contributed by atoms with Gasteiger partial charge in [-0.2, -0.15) is 5.26 Å². The third-order valence-electron chi connectivity index (χ3n) is 2.30. The number of hydrogen-bond acceptors (Lipinski definition) is 5. The molecule has 1 N–H and O–H groups in total. The number of nitriles is 1. The first-order valence-electron chi connectivity index (χ1n) is 5.64. The summed E-state index contributed by atoms with van der Waals surface area (Å²) in [6.07, 6.45) is 0. The van der Waals surface area contributed by atoms with Crippen LogP contribution in [0.1, 0.15) is 18.1 Å². The van der Waals surface area contributed by atoms with Crippen LogP contribution in [-0.4, -0.2) is 26.2 Å². The van der Waals surface area contributed by atoms with Gasteiger partial charge in [0.25, 0.3) is 0 Å². The number of rotatable bonds is 6. The first-order valence-corrected chi connectivity index (χ1v) is 5.64. The zero-order valence-corrected chi connectivity index (χ0v) is 10.5. The lowest BCUT2D eigenvalue weighted by Crippen LogP contribution is -2.24. The summed E-state index contributed by atoms with van der Waals surface area (Å²) in [5.41, 5.74) is 1.39. The Hall–Kier alpha value is -2.06. The van der Waals surface area contributed by atoms with E-state index in [2.05, 4.69) is 11.4 Å². The van der Waals surface area contributed by atoms with E-state index in [1.165, 1.54) is 0 Å². The average molecular weight is 248 g/mol. The SMILES string of the molecule is CCOC(=O)CNCc1cc(C#N)ccc1OC. The monoisotopic (exact) mass is 248 g/mol. The second kappa shape index (κ2) is 7.30. The van der Waals surface area contributed by atoms with E-state index in [4.69, 9.17) is 14.7 Å². The molecule has 0 unspecified atom stereocenters. The van der Waals surface area contributed by atoms with Gasteiger partial charge in [-0.15, -0.1) is 0 Å². The zero-order valence-electron chi connectivity index (χ0n) is 10.5. The van der Waals surface area contributed by atoms with Gasteiger partial charge in [-0.25, -0.2) is 0 Å². The number of nitrogens with one attached hydrogen (secondary N) is 1. The second-order valence-corrected chi connectivity index (χ2v) is 3.55. The van der Waals surface area contributed by atoms with Crippen molar-refractivity contribution in [3.05, 3.63) is 29.3 Å². The van der Waals surface area contributed by atoms with Crippen LogP contribution in [0.4, 0.5) is 0 Å². The van der Waals surface area contributed by atoms with E-state index < -0.39 is 0 Å². The van der Waals surface area contributed by atoms with Gasteiger partial charge in [0.2, 0.25) is 0 Å². The van der Waals surface area contributed by atoms with Crippen LogP contribution in [0, 0.1) is 11.3 Å². The van der Waals surface area contributed by atoms with Crippen molar-refractivity contribution in [1.82, 2.24) is 5.32 Å². The summed E-state index contributed by atoms with van der Waals surface area (Å²) in [6, 6.07) is 7.22. The molecule has 0 atom stereocenters. The van der Waals surface area contributed by atoms with Crippen molar-refractivity contribution in [3.8, 4) is 11.8 Å². The summed E-state index contributed by atoms with van der Waals surface area (Å²) in [4.78, 5) is 11.1. The molecular formula is C13H16N2O3. The molecule has 0 radical (unpaired) electrons. The average Bonchev–Trinajstić information content (AvgIpc) is 2.39. The van der Waals surface area contributed by atoms with Crippen LogP contribution < -0.4 is 10.1 Å². The second-order valence-electron chi connectivity index (χ2n) is 3.55. The van der Waals surface area contributed by atoms with Crippen LogP contribution in [0.3, 0.4) is 0 Å². The van der Waals surface area contributed by atoms with E-state index in [0.29, 0.717) is 24.5 Å². The van der Waals surface area contributed by atoms with E-state index in [-0.39, 0.29) is 12.5 Å². The largest absolute Gasteiger partial charge is 0.496 e. The number of benzene rings is 1. The molecule has 5 nitrogen and oxygen atoms in total. The van der Waals surface area contributed by atoms with Crippen molar-refractivity contribution in [2.45, 2.75) is 13.5 Å². The molecule has 1 aromatic carbocycles. The highest BCUT2D eigenvalue weighted by Crippen LogP contribution is 2.19.